The van der Waals surface area contributed by atoms with Crippen molar-refractivity contribution in [2.24, 2.45) is 0 Å². The van der Waals surface area contributed by atoms with Crippen LogP contribution in [0.1, 0.15) is 266 Å². The molecule has 0 saturated heterocycles. The van der Waals surface area contributed by atoms with E-state index in [9.17, 15) is 19.2 Å². The van der Waals surface area contributed by atoms with Crippen LogP contribution < -0.4 is 0 Å². The van der Waals surface area contributed by atoms with E-state index < -0.39 is 6.10 Å². The Hall–Kier alpha value is -2.09. The number of esters is 2. The Labute approximate surface area is 387 Å². The van der Waals surface area contributed by atoms with Crippen molar-refractivity contribution in [3.05, 3.63) is 24.5 Å². The minimum Gasteiger partial charge on any atom is -0.495 e. The van der Waals surface area contributed by atoms with Crippen LogP contribution in [0.15, 0.2) is 24.5 Å². The third-order valence-corrected chi connectivity index (χ3v) is 13.8. The number of Topliss-reactive ketones (excluding diaryl/α,β-unsaturated/α-hetero) is 2. The number of carbonyl (C=O) groups excluding carboxylic acids is 4. The van der Waals surface area contributed by atoms with Crippen molar-refractivity contribution in [1.82, 2.24) is 0 Å². The van der Waals surface area contributed by atoms with Crippen LogP contribution in [0.5, 0.6) is 0 Å². The normalized spacial score (nSPS) is 13.3. The Kier molecular flexibility index (Phi) is 40.2. The topological polar surface area (TPSA) is 96.0 Å². The number of unbranched alkanes of at least 4 members (excludes halogenated alkanes) is 16. The average molecular weight is 891 g/mol. The van der Waals surface area contributed by atoms with Gasteiger partial charge in [-0.3, -0.25) is 19.2 Å². The van der Waals surface area contributed by atoms with Crippen LogP contribution in [0.3, 0.4) is 0 Å². The number of hydrogen-bond donors (Lipinski definition) is 0. The lowest BCUT2D eigenvalue weighted by Gasteiger charge is -2.30. The Balaban J connectivity index is 5.46. The van der Waals surface area contributed by atoms with Crippen LogP contribution in [0.4, 0.5) is 0 Å². The molecule has 0 rings (SSSR count). The first-order valence-electron chi connectivity index (χ1n) is 25.9. The molecule has 8 heteroatoms. The second kappa shape index (κ2) is 41.6. The molecule has 0 spiro atoms. The van der Waals surface area contributed by atoms with E-state index in [2.05, 4.69) is 54.7 Å². The number of allylic oxidation sites excluding steroid dienone is 2. The SMILES string of the molecule is C=C(CCCCCCC)CCC(CCC(=O)CCCCCCC)OC(=C)CCC(C)(CCC(=O)OC(CCC(=O)CCCCCCC)COC(=O)CCCCCCC)SCCC. The molecule has 3 atom stereocenters. The molecule has 0 N–H and O–H groups in total. The van der Waals surface area contributed by atoms with Crippen molar-refractivity contribution in [3.8, 4) is 0 Å². The summed E-state index contributed by atoms with van der Waals surface area (Å²) in [6.45, 7) is 21.9. The molecule has 0 aromatic heterocycles. The molecule has 0 amide bonds. The molecular formula is C54H98O7S. The van der Waals surface area contributed by atoms with Gasteiger partial charge in [0.15, 0.2) is 0 Å². The van der Waals surface area contributed by atoms with Gasteiger partial charge in [0.2, 0.25) is 0 Å². The Morgan fingerprint density at radius 2 is 0.919 bits per heavy atom. The van der Waals surface area contributed by atoms with Crippen LogP contribution in [-0.2, 0) is 33.4 Å². The number of carbonyl (C=O) groups is 4. The monoisotopic (exact) mass is 891 g/mol. The molecule has 0 fully saturated rings. The Morgan fingerprint density at radius 3 is 1.44 bits per heavy atom. The summed E-state index contributed by atoms with van der Waals surface area (Å²) in [4.78, 5) is 51.7. The second-order valence-electron chi connectivity index (χ2n) is 18.5. The molecular weight excluding hydrogens is 793 g/mol. The summed E-state index contributed by atoms with van der Waals surface area (Å²) in [5.74, 6) is 1.61. The molecule has 0 heterocycles. The third-order valence-electron chi connectivity index (χ3n) is 12.1. The summed E-state index contributed by atoms with van der Waals surface area (Å²) in [6, 6.07) is 0. The molecule has 3 unspecified atom stereocenters. The first kappa shape index (κ1) is 59.9. The minimum absolute atomic E-state index is 0.0135. The second-order valence-corrected chi connectivity index (χ2v) is 20.2. The van der Waals surface area contributed by atoms with Crippen LogP contribution in [0.25, 0.3) is 0 Å². The summed E-state index contributed by atoms with van der Waals surface area (Å²) in [7, 11) is 0. The highest BCUT2D eigenvalue weighted by Gasteiger charge is 2.28. The fourth-order valence-corrected chi connectivity index (χ4v) is 8.90. The van der Waals surface area contributed by atoms with Crippen LogP contribution in [-0.4, -0.2) is 52.8 Å². The zero-order chi connectivity index (χ0) is 46.1. The van der Waals surface area contributed by atoms with Gasteiger partial charge in [0.25, 0.3) is 0 Å². The molecule has 0 bridgehead atoms. The van der Waals surface area contributed by atoms with Gasteiger partial charge in [-0.2, -0.15) is 11.8 Å². The van der Waals surface area contributed by atoms with Crippen molar-refractivity contribution >= 4 is 35.3 Å². The molecule has 0 radical (unpaired) electrons. The highest BCUT2D eigenvalue weighted by Crippen LogP contribution is 2.37. The van der Waals surface area contributed by atoms with E-state index in [0.29, 0.717) is 63.6 Å². The average Bonchev–Trinajstić information content (AvgIpc) is 3.25. The van der Waals surface area contributed by atoms with Crippen molar-refractivity contribution < 1.29 is 33.4 Å². The fraction of sp³-hybridized carbons (Fsp3) is 0.852. The predicted octanol–water partition coefficient (Wildman–Crippen LogP) is 16.3. The maximum Gasteiger partial charge on any atom is 0.306 e. The van der Waals surface area contributed by atoms with E-state index in [1.807, 2.05) is 11.8 Å². The smallest absolute Gasteiger partial charge is 0.306 e. The van der Waals surface area contributed by atoms with E-state index in [4.69, 9.17) is 14.2 Å². The third kappa shape index (κ3) is 37.3. The zero-order valence-corrected chi connectivity index (χ0v) is 42.3. The molecule has 0 aliphatic rings. The van der Waals surface area contributed by atoms with Gasteiger partial charge in [0.1, 0.15) is 24.3 Å². The van der Waals surface area contributed by atoms with Gasteiger partial charge in [-0.15, -0.1) is 0 Å². The lowest BCUT2D eigenvalue weighted by Crippen LogP contribution is -2.28. The fourth-order valence-electron chi connectivity index (χ4n) is 7.71. The molecule has 0 saturated carbocycles. The summed E-state index contributed by atoms with van der Waals surface area (Å²) >= 11 is 1.88. The number of rotatable bonds is 47. The molecule has 7 nitrogen and oxygen atoms in total. The van der Waals surface area contributed by atoms with Crippen molar-refractivity contribution in [2.75, 3.05) is 12.4 Å². The zero-order valence-electron chi connectivity index (χ0n) is 41.5. The first-order chi connectivity index (χ1) is 29.9. The maximum absolute atomic E-state index is 13.4. The van der Waals surface area contributed by atoms with Gasteiger partial charge in [-0.1, -0.05) is 163 Å². The largest absolute Gasteiger partial charge is 0.495 e. The lowest BCUT2D eigenvalue weighted by atomic mass is 9.97. The Bertz CT molecular complexity index is 1020. The first-order valence-corrected chi connectivity index (χ1v) is 26.9. The number of ketones is 2. The van der Waals surface area contributed by atoms with E-state index >= 15 is 0 Å². The van der Waals surface area contributed by atoms with Crippen molar-refractivity contribution in [1.29, 1.82) is 0 Å². The summed E-state index contributed by atoms with van der Waals surface area (Å²) in [5.41, 5.74) is 1.26. The van der Waals surface area contributed by atoms with E-state index in [1.165, 1.54) is 69.8 Å². The van der Waals surface area contributed by atoms with E-state index in [0.717, 1.165) is 108 Å². The van der Waals surface area contributed by atoms with E-state index in [1.54, 1.807) is 0 Å². The van der Waals surface area contributed by atoms with Crippen LogP contribution in [0, 0.1) is 0 Å². The standard InChI is InChI=1S/C54H98O7S/c1-9-14-18-22-26-30-46(6)34-37-50(38-35-48(55)31-27-23-19-15-10-2)60-47(7)40-42-54(8,62-44-13-5)43-41-53(58)61-51(39-36-49(56)32-28-24-20-16-11-3)45-59-52(57)33-29-25-21-17-12-4/h50-51H,6-7,9-45H2,1-5,8H3. The van der Waals surface area contributed by atoms with Gasteiger partial charge in [0.05, 0.1) is 11.9 Å². The van der Waals surface area contributed by atoms with Gasteiger partial charge in [-0.05, 0) is 82.8 Å². The lowest BCUT2D eigenvalue weighted by molar-refractivity contribution is -0.160. The Morgan fingerprint density at radius 1 is 0.468 bits per heavy atom. The summed E-state index contributed by atoms with van der Waals surface area (Å²) in [6.07, 6.45) is 31.5. The quantitative estimate of drug-likeness (QED) is 0.0258. The number of ether oxygens (including phenoxy) is 3. The van der Waals surface area contributed by atoms with Crippen molar-refractivity contribution in [2.45, 2.75) is 283 Å². The van der Waals surface area contributed by atoms with E-state index in [-0.39, 0.29) is 41.6 Å². The number of thioether (sulfide) groups is 1. The highest BCUT2D eigenvalue weighted by molar-refractivity contribution is 8.00. The predicted molar refractivity (Wildman–Crippen MR) is 265 cm³/mol. The van der Waals surface area contributed by atoms with Gasteiger partial charge >= 0.3 is 11.9 Å². The molecule has 0 aromatic carbocycles. The van der Waals surface area contributed by atoms with Gasteiger partial charge in [0, 0.05) is 49.7 Å². The molecule has 62 heavy (non-hydrogen) atoms. The van der Waals surface area contributed by atoms with Crippen LogP contribution in [0.2, 0.25) is 0 Å². The van der Waals surface area contributed by atoms with Crippen LogP contribution >= 0.6 is 11.8 Å². The van der Waals surface area contributed by atoms with Gasteiger partial charge in [-0.25, -0.2) is 0 Å². The van der Waals surface area contributed by atoms with Gasteiger partial charge < -0.3 is 14.2 Å². The summed E-state index contributed by atoms with van der Waals surface area (Å²) in [5, 5.41) is 0. The maximum atomic E-state index is 13.4. The summed E-state index contributed by atoms with van der Waals surface area (Å²) < 4.78 is 17.9. The molecule has 362 valence electrons. The minimum atomic E-state index is -0.639. The number of hydrogen-bond acceptors (Lipinski definition) is 8. The van der Waals surface area contributed by atoms with Crippen molar-refractivity contribution in [3.63, 3.8) is 0 Å². The molecule has 0 aliphatic heterocycles. The highest BCUT2D eigenvalue weighted by atomic mass is 32.2. The molecule has 0 aromatic rings. The molecule has 0 aliphatic carbocycles.